The molecule has 3 nitrogen and oxygen atoms in total. The van der Waals surface area contributed by atoms with Gasteiger partial charge in [-0.25, -0.2) is 0 Å². The molecule has 0 radical (unpaired) electrons. The molecule has 0 rings (SSSR count). The molecule has 0 aromatic rings. The first-order valence-electron chi connectivity index (χ1n) is 7.06. The van der Waals surface area contributed by atoms with E-state index < -0.39 is 0 Å². The minimum Gasteiger partial charge on any atom is -0.381 e. The van der Waals surface area contributed by atoms with Gasteiger partial charge in [0.05, 0.1) is 0 Å². The van der Waals surface area contributed by atoms with E-state index in [0.29, 0.717) is 0 Å². The average Bonchev–Trinajstić information content (AvgIpc) is 2.25. The Morgan fingerprint density at radius 2 is 1.65 bits per heavy atom. The molecule has 0 bridgehead atoms. The molecule has 0 saturated heterocycles. The lowest BCUT2D eigenvalue weighted by atomic mass is 10.1. The predicted molar refractivity (Wildman–Crippen MR) is 75.5 cm³/mol. The SMILES string of the molecule is CC(C)CCCNCCCOCCCN(C)C. The maximum atomic E-state index is 5.56. The van der Waals surface area contributed by atoms with Crippen LogP contribution < -0.4 is 5.32 Å². The summed E-state index contributed by atoms with van der Waals surface area (Å²) < 4.78 is 5.56. The van der Waals surface area contributed by atoms with Gasteiger partial charge in [-0.15, -0.1) is 0 Å². The zero-order chi connectivity index (χ0) is 12.9. The average molecular weight is 244 g/mol. The van der Waals surface area contributed by atoms with E-state index in [9.17, 15) is 0 Å². The molecule has 0 amide bonds. The zero-order valence-electron chi connectivity index (χ0n) is 12.3. The molecule has 3 heteroatoms. The van der Waals surface area contributed by atoms with Crippen LogP contribution in [0.15, 0.2) is 0 Å². The number of nitrogens with one attached hydrogen (secondary N) is 1. The summed E-state index contributed by atoms with van der Waals surface area (Å²) in [6.45, 7) is 9.71. The van der Waals surface area contributed by atoms with Gasteiger partial charge >= 0.3 is 0 Å². The molecule has 1 N–H and O–H groups in total. The van der Waals surface area contributed by atoms with Crippen LogP contribution in [0.25, 0.3) is 0 Å². The van der Waals surface area contributed by atoms with Gasteiger partial charge in [-0.1, -0.05) is 13.8 Å². The van der Waals surface area contributed by atoms with E-state index in [4.69, 9.17) is 4.74 Å². The molecule has 0 unspecified atom stereocenters. The molecule has 0 aliphatic rings. The summed E-state index contributed by atoms with van der Waals surface area (Å²) in [7, 11) is 4.20. The topological polar surface area (TPSA) is 24.5 Å². The molecule has 0 heterocycles. The maximum Gasteiger partial charge on any atom is 0.0478 e. The molecule has 0 aromatic heterocycles. The molecule has 0 aromatic carbocycles. The summed E-state index contributed by atoms with van der Waals surface area (Å²) in [5, 5.41) is 3.46. The second-order valence-corrected chi connectivity index (χ2v) is 5.41. The first-order chi connectivity index (χ1) is 8.13. The van der Waals surface area contributed by atoms with Crippen LogP contribution in [-0.4, -0.2) is 51.8 Å². The molecule has 0 fully saturated rings. The molecular formula is C14H32N2O. The van der Waals surface area contributed by atoms with Crippen molar-refractivity contribution in [3.05, 3.63) is 0 Å². The second kappa shape index (κ2) is 12.3. The van der Waals surface area contributed by atoms with Gasteiger partial charge in [0.15, 0.2) is 0 Å². The lowest BCUT2D eigenvalue weighted by Gasteiger charge is -2.09. The van der Waals surface area contributed by atoms with Crippen molar-refractivity contribution in [2.24, 2.45) is 5.92 Å². The summed E-state index contributed by atoms with van der Waals surface area (Å²) in [6.07, 6.45) is 4.88. The molecule has 0 atom stereocenters. The van der Waals surface area contributed by atoms with Crippen LogP contribution in [0, 0.1) is 5.92 Å². The van der Waals surface area contributed by atoms with Crippen molar-refractivity contribution >= 4 is 0 Å². The third kappa shape index (κ3) is 15.9. The van der Waals surface area contributed by atoms with Crippen molar-refractivity contribution in [2.75, 3.05) is 46.9 Å². The van der Waals surface area contributed by atoms with Crippen molar-refractivity contribution < 1.29 is 4.74 Å². The third-order valence-corrected chi connectivity index (χ3v) is 2.67. The van der Waals surface area contributed by atoms with Crippen LogP contribution in [-0.2, 0) is 4.74 Å². The van der Waals surface area contributed by atoms with Crippen molar-refractivity contribution in [2.45, 2.75) is 39.5 Å². The first kappa shape index (κ1) is 16.9. The van der Waals surface area contributed by atoms with E-state index in [2.05, 4.69) is 38.2 Å². The lowest BCUT2D eigenvalue weighted by Crippen LogP contribution is -2.19. The van der Waals surface area contributed by atoms with Gasteiger partial charge in [-0.05, 0) is 65.3 Å². The highest BCUT2D eigenvalue weighted by molar-refractivity contribution is 4.51. The number of nitrogens with zero attached hydrogens (tertiary/aromatic N) is 1. The van der Waals surface area contributed by atoms with Gasteiger partial charge in [0.25, 0.3) is 0 Å². The van der Waals surface area contributed by atoms with Crippen molar-refractivity contribution in [1.29, 1.82) is 0 Å². The monoisotopic (exact) mass is 244 g/mol. The smallest absolute Gasteiger partial charge is 0.0478 e. The van der Waals surface area contributed by atoms with Gasteiger partial charge in [0.1, 0.15) is 0 Å². The van der Waals surface area contributed by atoms with Crippen LogP contribution in [0.4, 0.5) is 0 Å². The van der Waals surface area contributed by atoms with E-state index in [1.54, 1.807) is 0 Å². The van der Waals surface area contributed by atoms with Crippen molar-refractivity contribution in [3.8, 4) is 0 Å². The lowest BCUT2D eigenvalue weighted by molar-refractivity contribution is 0.123. The number of hydrogen-bond acceptors (Lipinski definition) is 3. The van der Waals surface area contributed by atoms with Gasteiger partial charge < -0.3 is 15.0 Å². The van der Waals surface area contributed by atoms with E-state index in [1.165, 1.54) is 12.8 Å². The minimum absolute atomic E-state index is 0.830. The Bertz CT molecular complexity index is 133. The fourth-order valence-corrected chi connectivity index (χ4v) is 1.64. The first-order valence-corrected chi connectivity index (χ1v) is 7.06. The Hall–Kier alpha value is -0.120. The summed E-state index contributed by atoms with van der Waals surface area (Å²) in [6, 6.07) is 0. The van der Waals surface area contributed by atoms with Crippen LogP contribution in [0.2, 0.25) is 0 Å². The van der Waals surface area contributed by atoms with Gasteiger partial charge in [0, 0.05) is 13.2 Å². The van der Waals surface area contributed by atoms with E-state index >= 15 is 0 Å². The van der Waals surface area contributed by atoms with Crippen molar-refractivity contribution in [3.63, 3.8) is 0 Å². The van der Waals surface area contributed by atoms with E-state index in [-0.39, 0.29) is 0 Å². The Labute approximate surface area is 108 Å². The number of hydrogen-bond donors (Lipinski definition) is 1. The third-order valence-electron chi connectivity index (χ3n) is 2.67. The van der Waals surface area contributed by atoms with Gasteiger partial charge in [-0.2, -0.15) is 0 Å². The molecule has 0 spiro atoms. The fraction of sp³-hybridized carbons (Fsp3) is 1.00. The largest absolute Gasteiger partial charge is 0.381 e. The Balaban J connectivity index is 2.94. The summed E-state index contributed by atoms with van der Waals surface area (Å²) in [5.74, 6) is 0.830. The number of ether oxygens (including phenoxy) is 1. The second-order valence-electron chi connectivity index (χ2n) is 5.41. The number of rotatable bonds is 12. The van der Waals surface area contributed by atoms with Crippen LogP contribution in [0.5, 0.6) is 0 Å². The van der Waals surface area contributed by atoms with Crippen LogP contribution in [0.3, 0.4) is 0 Å². The Morgan fingerprint density at radius 1 is 1.00 bits per heavy atom. The predicted octanol–water partition coefficient (Wildman–Crippen LogP) is 2.37. The molecule has 104 valence electrons. The standard InChI is InChI=1S/C14H32N2O/c1-14(2)8-5-9-15-10-6-12-17-13-7-11-16(3)4/h14-15H,5-13H2,1-4H3. The fourth-order valence-electron chi connectivity index (χ4n) is 1.64. The van der Waals surface area contributed by atoms with Gasteiger partial charge in [0.2, 0.25) is 0 Å². The Kier molecular flexibility index (Phi) is 12.3. The summed E-state index contributed by atoms with van der Waals surface area (Å²) in [4.78, 5) is 2.19. The molecule has 0 aliphatic heterocycles. The Morgan fingerprint density at radius 3 is 2.29 bits per heavy atom. The van der Waals surface area contributed by atoms with E-state index in [0.717, 1.165) is 51.6 Å². The van der Waals surface area contributed by atoms with Gasteiger partial charge in [-0.3, -0.25) is 0 Å². The van der Waals surface area contributed by atoms with E-state index in [1.807, 2.05) is 0 Å². The normalized spacial score (nSPS) is 11.6. The zero-order valence-corrected chi connectivity index (χ0v) is 12.3. The minimum atomic E-state index is 0.830. The quantitative estimate of drug-likeness (QED) is 0.533. The molecule has 17 heavy (non-hydrogen) atoms. The molecular weight excluding hydrogens is 212 g/mol. The summed E-state index contributed by atoms with van der Waals surface area (Å²) in [5.41, 5.74) is 0. The molecule has 0 saturated carbocycles. The van der Waals surface area contributed by atoms with Crippen molar-refractivity contribution in [1.82, 2.24) is 10.2 Å². The van der Waals surface area contributed by atoms with Crippen LogP contribution in [0.1, 0.15) is 39.5 Å². The molecule has 0 aliphatic carbocycles. The van der Waals surface area contributed by atoms with Crippen LogP contribution >= 0.6 is 0 Å². The highest BCUT2D eigenvalue weighted by Crippen LogP contribution is 2.01. The summed E-state index contributed by atoms with van der Waals surface area (Å²) >= 11 is 0. The highest BCUT2D eigenvalue weighted by Gasteiger charge is 1.94. The maximum absolute atomic E-state index is 5.56. The highest BCUT2D eigenvalue weighted by atomic mass is 16.5.